The van der Waals surface area contributed by atoms with E-state index in [2.05, 4.69) is 0 Å². The first-order valence-corrected chi connectivity index (χ1v) is 12.8. The van der Waals surface area contributed by atoms with E-state index in [1.54, 1.807) is 27.3 Å². The van der Waals surface area contributed by atoms with E-state index in [1.807, 2.05) is 71.3 Å². The minimum atomic E-state index is -3.82. The lowest BCUT2D eigenvalue weighted by Gasteiger charge is -2.41. The van der Waals surface area contributed by atoms with Crippen molar-refractivity contribution in [3.8, 4) is 16.9 Å². The van der Waals surface area contributed by atoms with Gasteiger partial charge in [-0.1, -0.05) is 54.6 Å². The van der Waals surface area contributed by atoms with Gasteiger partial charge in [-0.15, -0.1) is 0 Å². The molecule has 7 nitrogen and oxygen atoms in total. The number of rotatable bonds is 4. The second-order valence-electron chi connectivity index (χ2n) is 9.01. The zero-order valence-corrected chi connectivity index (χ0v) is 19.3. The lowest BCUT2D eigenvalue weighted by atomic mass is 9.84. The minimum Gasteiger partial charge on any atom is -0.312 e. The van der Waals surface area contributed by atoms with Crippen molar-refractivity contribution in [3.05, 3.63) is 101 Å². The van der Waals surface area contributed by atoms with Crippen LogP contribution in [0.5, 0.6) is 0 Å². The van der Waals surface area contributed by atoms with E-state index >= 15 is 0 Å². The molecule has 172 valence electrons. The molecule has 1 fully saturated rings. The highest BCUT2D eigenvalue weighted by atomic mass is 32.2. The van der Waals surface area contributed by atoms with Crippen LogP contribution < -0.4 is 5.56 Å². The van der Waals surface area contributed by atoms with Crippen molar-refractivity contribution in [3.63, 3.8) is 0 Å². The third-order valence-corrected chi connectivity index (χ3v) is 8.65. The molecule has 2 aromatic carbocycles. The molecule has 8 heteroatoms. The third-order valence-electron chi connectivity index (χ3n) is 6.81. The van der Waals surface area contributed by atoms with Gasteiger partial charge in [0.1, 0.15) is 10.6 Å². The number of hydrogen-bond donors (Lipinski definition) is 0. The molecule has 0 amide bonds. The van der Waals surface area contributed by atoms with Gasteiger partial charge in [0.25, 0.3) is 5.56 Å². The summed E-state index contributed by atoms with van der Waals surface area (Å²) in [5.74, 6) is 0.103. The zero-order chi connectivity index (χ0) is 23.3. The Morgan fingerprint density at radius 2 is 1.56 bits per heavy atom. The van der Waals surface area contributed by atoms with Gasteiger partial charge in [-0.05, 0) is 30.5 Å². The van der Waals surface area contributed by atoms with E-state index in [-0.39, 0.29) is 22.3 Å². The molecule has 2 atom stereocenters. The smallest absolute Gasteiger partial charge is 0.250 e. The summed E-state index contributed by atoms with van der Waals surface area (Å²) in [7, 11) is -3.82. The summed E-state index contributed by atoms with van der Waals surface area (Å²) in [6.45, 7) is 1.30. The van der Waals surface area contributed by atoms with Crippen molar-refractivity contribution in [1.29, 1.82) is 0 Å². The molecule has 6 rings (SSSR count). The predicted octanol–water partition coefficient (Wildman–Crippen LogP) is 3.51. The molecule has 0 aliphatic carbocycles. The van der Waals surface area contributed by atoms with Crippen molar-refractivity contribution >= 4 is 10.0 Å². The maximum absolute atomic E-state index is 14.0. The van der Waals surface area contributed by atoms with Crippen LogP contribution in [0.1, 0.15) is 18.0 Å². The Morgan fingerprint density at radius 3 is 2.32 bits per heavy atom. The molecule has 1 saturated heterocycles. The topological polar surface area (TPSA) is 77.2 Å². The molecule has 2 aromatic heterocycles. The van der Waals surface area contributed by atoms with Gasteiger partial charge in [0.05, 0.1) is 11.9 Å². The van der Waals surface area contributed by atoms with Gasteiger partial charge in [-0.25, -0.2) is 13.1 Å². The first kappa shape index (κ1) is 21.1. The quantitative estimate of drug-likeness (QED) is 0.456. The van der Waals surface area contributed by atoms with Crippen LogP contribution in [0.2, 0.25) is 0 Å². The van der Waals surface area contributed by atoms with E-state index in [1.165, 1.54) is 0 Å². The Morgan fingerprint density at radius 1 is 0.824 bits per heavy atom. The fraction of sp³-hybridized carbons (Fsp3) is 0.231. The predicted molar refractivity (Wildman–Crippen MR) is 129 cm³/mol. The number of hydrogen-bond acceptors (Lipinski definition) is 4. The minimum absolute atomic E-state index is 0.000480. The number of pyridine rings is 1. The molecule has 4 aromatic rings. The van der Waals surface area contributed by atoms with E-state index in [9.17, 15) is 13.2 Å². The highest BCUT2D eigenvalue weighted by Gasteiger charge is 2.41. The number of aromatic nitrogens is 3. The van der Waals surface area contributed by atoms with Gasteiger partial charge in [-0.3, -0.25) is 4.79 Å². The van der Waals surface area contributed by atoms with Crippen LogP contribution in [0.3, 0.4) is 0 Å². The zero-order valence-electron chi connectivity index (χ0n) is 18.5. The fourth-order valence-corrected chi connectivity index (χ4v) is 6.94. The SMILES string of the molecule is O=c1cccc2n1CC1CC2CN(S(=O)(=O)c2cn(-c3ccccc3)nc2-c2ccccc2)C1. The molecular formula is C26H24N4O3S. The molecular weight excluding hydrogens is 448 g/mol. The number of nitrogens with zero attached hydrogens (tertiary/aromatic N) is 4. The highest BCUT2D eigenvalue weighted by molar-refractivity contribution is 7.89. The molecule has 2 aliphatic rings. The standard InChI is InChI=1S/C26H24N4O3S/c31-25-13-7-12-23-21-14-19(16-29(23)25)15-28(17-21)34(32,33)24-18-30(22-10-5-2-6-11-22)27-26(24)20-8-3-1-4-9-20/h1-13,18-19,21H,14-17H2. The molecule has 2 bridgehead atoms. The summed E-state index contributed by atoms with van der Waals surface area (Å²) in [5, 5.41) is 4.70. The second kappa shape index (κ2) is 8.07. The first-order chi connectivity index (χ1) is 16.5. The van der Waals surface area contributed by atoms with Crippen LogP contribution in [0.15, 0.2) is 94.7 Å². The van der Waals surface area contributed by atoms with E-state index in [0.29, 0.717) is 25.3 Å². The summed E-state index contributed by atoms with van der Waals surface area (Å²) in [5.41, 5.74) is 2.90. The van der Waals surface area contributed by atoms with Crippen molar-refractivity contribution in [2.24, 2.45) is 5.92 Å². The third kappa shape index (κ3) is 3.50. The number of piperidine rings is 1. The lowest BCUT2D eigenvalue weighted by Crippen LogP contribution is -2.49. The first-order valence-electron chi connectivity index (χ1n) is 11.4. The number of sulfonamides is 1. The molecule has 0 saturated carbocycles. The molecule has 2 aliphatic heterocycles. The molecule has 34 heavy (non-hydrogen) atoms. The van der Waals surface area contributed by atoms with Crippen molar-refractivity contribution in [2.45, 2.75) is 23.8 Å². The lowest BCUT2D eigenvalue weighted by molar-refractivity contribution is 0.186. The highest BCUT2D eigenvalue weighted by Crippen LogP contribution is 2.38. The van der Waals surface area contributed by atoms with E-state index in [4.69, 9.17) is 5.10 Å². The number of benzene rings is 2. The molecule has 2 unspecified atom stereocenters. The Labute approximate surface area is 197 Å². The maximum atomic E-state index is 14.0. The molecule has 0 radical (unpaired) electrons. The van der Waals surface area contributed by atoms with Gasteiger partial charge in [-0.2, -0.15) is 9.40 Å². The van der Waals surface area contributed by atoms with Crippen LogP contribution in [-0.2, 0) is 16.6 Å². The summed E-state index contributed by atoms with van der Waals surface area (Å²) in [6, 6.07) is 24.2. The summed E-state index contributed by atoms with van der Waals surface area (Å²) >= 11 is 0. The second-order valence-corrected chi connectivity index (χ2v) is 10.9. The summed E-state index contributed by atoms with van der Waals surface area (Å²) < 4.78 is 33.1. The summed E-state index contributed by atoms with van der Waals surface area (Å²) in [6.07, 6.45) is 2.51. The Bertz CT molecular complexity index is 1510. The van der Waals surface area contributed by atoms with Gasteiger partial charge >= 0.3 is 0 Å². The summed E-state index contributed by atoms with van der Waals surface area (Å²) in [4.78, 5) is 12.6. The van der Waals surface area contributed by atoms with Gasteiger partial charge in [0, 0.05) is 42.9 Å². The van der Waals surface area contributed by atoms with Crippen molar-refractivity contribution in [2.75, 3.05) is 13.1 Å². The molecule has 0 N–H and O–H groups in total. The van der Waals surface area contributed by atoms with Crippen molar-refractivity contribution < 1.29 is 8.42 Å². The largest absolute Gasteiger partial charge is 0.312 e. The van der Waals surface area contributed by atoms with Gasteiger partial charge in [0.2, 0.25) is 10.0 Å². The van der Waals surface area contributed by atoms with E-state index in [0.717, 1.165) is 23.4 Å². The van der Waals surface area contributed by atoms with Crippen LogP contribution >= 0.6 is 0 Å². The monoisotopic (exact) mass is 472 g/mol. The van der Waals surface area contributed by atoms with Crippen LogP contribution in [0.25, 0.3) is 16.9 Å². The molecule has 0 spiro atoms. The average molecular weight is 473 g/mol. The maximum Gasteiger partial charge on any atom is 0.250 e. The van der Waals surface area contributed by atoms with Crippen LogP contribution in [0.4, 0.5) is 0 Å². The Hall–Kier alpha value is -3.49. The molecule has 4 heterocycles. The Balaban J connectivity index is 1.43. The van der Waals surface area contributed by atoms with Gasteiger partial charge < -0.3 is 4.57 Å². The van der Waals surface area contributed by atoms with Crippen LogP contribution in [-0.4, -0.2) is 40.2 Å². The van der Waals surface area contributed by atoms with Gasteiger partial charge in [0.15, 0.2) is 0 Å². The van der Waals surface area contributed by atoms with E-state index < -0.39 is 10.0 Å². The average Bonchev–Trinajstić information content (AvgIpc) is 3.32. The van der Waals surface area contributed by atoms with Crippen LogP contribution in [0, 0.1) is 5.92 Å². The van der Waals surface area contributed by atoms with Crippen molar-refractivity contribution in [1.82, 2.24) is 18.7 Å². The number of para-hydroxylation sites is 1. The fourth-order valence-electron chi connectivity index (χ4n) is 5.24. The normalized spacial score (nSPS) is 20.1. The number of fused-ring (bicyclic) bond motifs is 4. The Kier molecular flexibility index (Phi) is 5.00.